The third-order valence-corrected chi connectivity index (χ3v) is 3.17. The predicted octanol–water partition coefficient (Wildman–Crippen LogP) is 1.43. The Morgan fingerprint density at radius 1 is 1.38 bits per heavy atom. The standard InChI is InChI=1S/C17H22N2O5/c1-11(16(23)24-17(2,3)4)19(7-8-20)15(22)13-6-5-12(10-18)9-14(13)21/h5-6,9,11,20-21H,7-8H2,1-4H3. The van der Waals surface area contributed by atoms with Gasteiger partial charge in [0.05, 0.1) is 23.8 Å². The van der Waals surface area contributed by atoms with Gasteiger partial charge in [-0.3, -0.25) is 4.79 Å². The maximum absolute atomic E-state index is 12.6. The molecule has 7 heteroatoms. The largest absolute Gasteiger partial charge is 0.507 e. The lowest BCUT2D eigenvalue weighted by molar-refractivity contribution is -0.159. The van der Waals surface area contributed by atoms with Gasteiger partial charge in [-0.2, -0.15) is 5.26 Å². The van der Waals surface area contributed by atoms with Crippen LogP contribution in [0.3, 0.4) is 0 Å². The van der Waals surface area contributed by atoms with Crippen LogP contribution in [0.4, 0.5) is 0 Å². The second-order valence-electron chi connectivity index (χ2n) is 6.28. The van der Waals surface area contributed by atoms with Crippen LogP contribution in [0.1, 0.15) is 43.6 Å². The number of aromatic hydroxyl groups is 1. The number of aliphatic hydroxyl groups excluding tert-OH is 1. The van der Waals surface area contributed by atoms with Crippen LogP contribution in [-0.4, -0.2) is 51.8 Å². The monoisotopic (exact) mass is 334 g/mol. The highest BCUT2D eigenvalue weighted by Crippen LogP contribution is 2.22. The molecule has 0 aliphatic rings. The molecule has 0 aromatic heterocycles. The van der Waals surface area contributed by atoms with Crippen molar-refractivity contribution in [2.45, 2.75) is 39.3 Å². The Hall–Kier alpha value is -2.59. The van der Waals surface area contributed by atoms with Crippen molar-refractivity contribution in [1.29, 1.82) is 5.26 Å². The normalized spacial score (nSPS) is 12.2. The van der Waals surface area contributed by atoms with Gasteiger partial charge in [0, 0.05) is 6.54 Å². The zero-order chi connectivity index (χ0) is 18.5. The zero-order valence-electron chi connectivity index (χ0n) is 14.2. The van der Waals surface area contributed by atoms with E-state index in [1.54, 1.807) is 20.8 Å². The fourth-order valence-corrected chi connectivity index (χ4v) is 2.03. The Kier molecular flexibility index (Phi) is 6.32. The minimum absolute atomic E-state index is 0.0575. The van der Waals surface area contributed by atoms with Crippen LogP contribution in [0, 0.1) is 11.3 Å². The average molecular weight is 334 g/mol. The highest BCUT2D eigenvalue weighted by molar-refractivity contribution is 5.99. The molecule has 0 saturated heterocycles. The highest BCUT2D eigenvalue weighted by atomic mass is 16.6. The Bertz CT molecular complexity index is 658. The lowest BCUT2D eigenvalue weighted by Gasteiger charge is -2.30. The van der Waals surface area contributed by atoms with E-state index in [0.717, 1.165) is 4.90 Å². The van der Waals surface area contributed by atoms with Crippen molar-refractivity contribution >= 4 is 11.9 Å². The molecule has 0 fully saturated rings. The molecule has 1 atom stereocenters. The van der Waals surface area contributed by atoms with E-state index in [1.807, 2.05) is 6.07 Å². The molecule has 0 radical (unpaired) electrons. The summed E-state index contributed by atoms with van der Waals surface area (Å²) in [5.74, 6) is -1.61. The number of ether oxygens (including phenoxy) is 1. The third-order valence-electron chi connectivity index (χ3n) is 3.17. The number of phenolic OH excluding ortho intramolecular Hbond substituents is 1. The Morgan fingerprint density at radius 3 is 2.46 bits per heavy atom. The molecule has 0 saturated carbocycles. The van der Waals surface area contributed by atoms with Gasteiger partial charge in [0.25, 0.3) is 5.91 Å². The first-order valence-electron chi connectivity index (χ1n) is 7.48. The number of benzene rings is 1. The van der Waals surface area contributed by atoms with Gasteiger partial charge in [0.15, 0.2) is 0 Å². The van der Waals surface area contributed by atoms with Gasteiger partial charge in [-0.15, -0.1) is 0 Å². The molecule has 0 aliphatic heterocycles. The minimum atomic E-state index is -0.945. The Balaban J connectivity index is 3.09. The van der Waals surface area contributed by atoms with Crippen LogP contribution in [0.2, 0.25) is 0 Å². The lowest BCUT2D eigenvalue weighted by atomic mass is 10.1. The molecule has 1 aromatic carbocycles. The summed E-state index contributed by atoms with van der Waals surface area (Å²) in [7, 11) is 0. The fourth-order valence-electron chi connectivity index (χ4n) is 2.03. The summed E-state index contributed by atoms with van der Waals surface area (Å²) in [6, 6.07) is 4.78. The number of hydrogen-bond donors (Lipinski definition) is 2. The molecule has 1 rings (SSSR count). The second kappa shape index (κ2) is 7.79. The lowest BCUT2D eigenvalue weighted by Crippen LogP contribution is -2.47. The molecular weight excluding hydrogens is 312 g/mol. The van der Waals surface area contributed by atoms with Crippen LogP contribution in [0.5, 0.6) is 5.75 Å². The maximum atomic E-state index is 12.6. The first-order chi connectivity index (χ1) is 11.1. The minimum Gasteiger partial charge on any atom is -0.507 e. The molecule has 130 valence electrons. The SMILES string of the molecule is CC(C(=O)OC(C)(C)C)N(CCO)C(=O)c1ccc(C#N)cc1O. The smallest absolute Gasteiger partial charge is 0.329 e. The van der Waals surface area contributed by atoms with Gasteiger partial charge < -0.3 is 19.8 Å². The number of carbonyl (C=O) groups is 2. The van der Waals surface area contributed by atoms with E-state index in [0.29, 0.717) is 0 Å². The van der Waals surface area contributed by atoms with Crippen molar-refractivity contribution < 1.29 is 24.5 Å². The quantitative estimate of drug-likeness (QED) is 0.788. The molecule has 0 aliphatic carbocycles. The number of hydrogen-bond acceptors (Lipinski definition) is 6. The number of aliphatic hydroxyl groups is 1. The number of esters is 1. The van der Waals surface area contributed by atoms with Gasteiger partial charge >= 0.3 is 5.97 Å². The van der Waals surface area contributed by atoms with Crippen LogP contribution in [0.15, 0.2) is 18.2 Å². The summed E-state index contributed by atoms with van der Waals surface area (Å²) in [4.78, 5) is 25.9. The summed E-state index contributed by atoms with van der Waals surface area (Å²) in [5.41, 5.74) is -0.564. The van der Waals surface area contributed by atoms with Crippen molar-refractivity contribution in [3.05, 3.63) is 29.3 Å². The van der Waals surface area contributed by atoms with Gasteiger partial charge in [-0.25, -0.2) is 4.79 Å². The van der Waals surface area contributed by atoms with Crippen molar-refractivity contribution in [3.63, 3.8) is 0 Å². The summed E-state index contributed by atoms with van der Waals surface area (Å²) < 4.78 is 5.26. The molecule has 1 amide bonds. The summed E-state index contributed by atoms with van der Waals surface area (Å²) in [5, 5.41) is 27.9. The number of carbonyl (C=O) groups excluding carboxylic acids is 2. The Morgan fingerprint density at radius 2 is 2.00 bits per heavy atom. The summed E-state index contributed by atoms with van der Waals surface area (Å²) in [6.45, 7) is 6.17. The van der Waals surface area contributed by atoms with Gasteiger partial charge in [0.2, 0.25) is 0 Å². The number of rotatable bonds is 5. The average Bonchev–Trinajstić information content (AvgIpc) is 2.49. The number of amides is 1. The molecule has 7 nitrogen and oxygen atoms in total. The Labute approximate surface area is 141 Å². The topological polar surface area (TPSA) is 111 Å². The van der Waals surface area contributed by atoms with Crippen LogP contribution >= 0.6 is 0 Å². The first kappa shape index (κ1) is 19.5. The van der Waals surface area contributed by atoms with E-state index in [1.165, 1.54) is 25.1 Å². The van der Waals surface area contributed by atoms with Crippen molar-refractivity contribution in [2.24, 2.45) is 0 Å². The molecular formula is C17H22N2O5. The van der Waals surface area contributed by atoms with Gasteiger partial charge in [-0.1, -0.05) is 0 Å². The maximum Gasteiger partial charge on any atom is 0.329 e. The predicted molar refractivity (Wildman–Crippen MR) is 86.3 cm³/mol. The van der Waals surface area contributed by atoms with Gasteiger partial charge in [0.1, 0.15) is 17.4 Å². The number of nitriles is 1. The van der Waals surface area contributed by atoms with Crippen molar-refractivity contribution in [3.8, 4) is 11.8 Å². The van der Waals surface area contributed by atoms with Crippen molar-refractivity contribution in [1.82, 2.24) is 4.90 Å². The second-order valence-corrected chi connectivity index (χ2v) is 6.28. The van der Waals surface area contributed by atoms with E-state index in [4.69, 9.17) is 10.00 Å². The van der Waals surface area contributed by atoms with E-state index >= 15 is 0 Å². The van der Waals surface area contributed by atoms with E-state index < -0.39 is 23.5 Å². The van der Waals surface area contributed by atoms with E-state index in [-0.39, 0.29) is 30.0 Å². The number of nitrogens with zero attached hydrogens (tertiary/aromatic N) is 2. The highest BCUT2D eigenvalue weighted by Gasteiger charge is 2.31. The van der Waals surface area contributed by atoms with Gasteiger partial charge in [-0.05, 0) is 45.9 Å². The molecule has 0 bridgehead atoms. The molecule has 24 heavy (non-hydrogen) atoms. The summed E-state index contributed by atoms with van der Waals surface area (Å²) >= 11 is 0. The van der Waals surface area contributed by atoms with Crippen molar-refractivity contribution in [2.75, 3.05) is 13.2 Å². The fraction of sp³-hybridized carbons (Fsp3) is 0.471. The molecule has 0 heterocycles. The molecule has 2 N–H and O–H groups in total. The molecule has 1 unspecified atom stereocenters. The number of phenols is 1. The van der Waals surface area contributed by atoms with E-state index in [2.05, 4.69) is 0 Å². The van der Waals surface area contributed by atoms with E-state index in [9.17, 15) is 19.8 Å². The van der Waals surface area contributed by atoms with Crippen LogP contribution < -0.4 is 0 Å². The third kappa shape index (κ3) is 4.96. The van der Waals surface area contributed by atoms with Crippen LogP contribution in [0.25, 0.3) is 0 Å². The zero-order valence-corrected chi connectivity index (χ0v) is 14.2. The summed E-state index contributed by atoms with van der Waals surface area (Å²) in [6.07, 6.45) is 0. The first-order valence-corrected chi connectivity index (χ1v) is 7.48. The van der Waals surface area contributed by atoms with Crippen LogP contribution in [-0.2, 0) is 9.53 Å². The molecule has 0 spiro atoms. The molecule has 1 aromatic rings.